The van der Waals surface area contributed by atoms with Crippen LogP contribution in [0.1, 0.15) is 72.3 Å². The Labute approximate surface area is 221 Å². The number of benzene rings is 1. The van der Waals surface area contributed by atoms with Crippen LogP contribution in [-0.4, -0.2) is 38.7 Å². The molecule has 3 aromatic rings. The lowest BCUT2D eigenvalue weighted by atomic mass is 9.82. The molecule has 1 aliphatic rings. The molecule has 0 bridgehead atoms. The minimum atomic E-state index is -1.04. The van der Waals surface area contributed by atoms with E-state index < -0.39 is 5.97 Å². The fraction of sp³-hybridized carbons (Fsp3) is 0.429. The smallest absolute Gasteiger partial charge is 0.348 e. The zero-order valence-electron chi connectivity index (χ0n) is 21.9. The quantitative estimate of drug-likeness (QED) is 0.397. The van der Waals surface area contributed by atoms with Crippen molar-refractivity contribution in [2.24, 2.45) is 18.9 Å². The van der Waals surface area contributed by atoms with E-state index in [1.807, 2.05) is 39.0 Å². The normalized spacial score (nSPS) is 17.6. The largest absolute Gasteiger partial charge is 0.477 e. The van der Waals surface area contributed by atoms with Gasteiger partial charge in [0, 0.05) is 29.6 Å². The van der Waals surface area contributed by atoms with E-state index >= 15 is 0 Å². The molecule has 0 aliphatic heterocycles. The number of hydrogen-bond acceptors (Lipinski definition) is 5. The molecular formula is C28H34N4O4S. The number of nitrogens with one attached hydrogen (secondary N) is 1. The number of nitrogens with zero attached hydrogens (tertiary/aromatic N) is 3. The topological polar surface area (TPSA) is 105 Å². The van der Waals surface area contributed by atoms with Gasteiger partial charge in [0.05, 0.1) is 11.4 Å². The Morgan fingerprint density at radius 1 is 1.11 bits per heavy atom. The molecule has 0 atom stereocenters. The van der Waals surface area contributed by atoms with E-state index in [2.05, 4.69) is 17.3 Å². The lowest BCUT2D eigenvalue weighted by molar-refractivity contribution is -0.123. The van der Waals surface area contributed by atoms with Crippen molar-refractivity contribution in [3.8, 4) is 10.4 Å². The number of carboxylic acids is 1. The van der Waals surface area contributed by atoms with Gasteiger partial charge in [0.1, 0.15) is 10.6 Å². The third-order valence-electron chi connectivity index (χ3n) is 6.95. The van der Waals surface area contributed by atoms with Crippen LogP contribution in [0.5, 0.6) is 0 Å². The van der Waals surface area contributed by atoms with Crippen LogP contribution >= 0.6 is 11.3 Å². The number of amides is 2. The van der Waals surface area contributed by atoms with Gasteiger partial charge in [-0.05, 0) is 82.2 Å². The average Bonchev–Trinajstić information content (AvgIpc) is 3.43. The van der Waals surface area contributed by atoms with E-state index in [0.717, 1.165) is 53.2 Å². The van der Waals surface area contributed by atoms with E-state index in [1.54, 1.807) is 30.1 Å². The van der Waals surface area contributed by atoms with E-state index in [4.69, 9.17) is 0 Å². The van der Waals surface area contributed by atoms with Crippen LogP contribution in [0.15, 0.2) is 36.4 Å². The van der Waals surface area contributed by atoms with Gasteiger partial charge in [0.25, 0.3) is 5.91 Å². The molecule has 2 N–H and O–H groups in total. The number of carbonyl (C=O) groups excluding carboxylic acids is 2. The number of anilines is 2. The Morgan fingerprint density at radius 2 is 1.76 bits per heavy atom. The second kappa shape index (κ2) is 10.9. The lowest BCUT2D eigenvalue weighted by Gasteiger charge is -2.33. The second-order valence-corrected chi connectivity index (χ2v) is 11.3. The highest BCUT2D eigenvalue weighted by Gasteiger charge is 2.33. The van der Waals surface area contributed by atoms with Crippen molar-refractivity contribution in [3.05, 3.63) is 52.7 Å². The number of carboxylic acid groups (broad SMARTS) is 1. The highest BCUT2D eigenvalue weighted by Crippen LogP contribution is 2.40. The molecule has 1 saturated carbocycles. The van der Waals surface area contributed by atoms with Crippen molar-refractivity contribution < 1.29 is 19.5 Å². The van der Waals surface area contributed by atoms with Crippen molar-refractivity contribution >= 4 is 40.5 Å². The van der Waals surface area contributed by atoms with Gasteiger partial charge in [0.15, 0.2) is 0 Å². The van der Waals surface area contributed by atoms with E-state index in [9.17, 15) is 19.5 Å². The molecule has 196 valence electrons. The molecule has 2 aromatic heterocycles. The van der Waals surface area contributed by atoms with Gasteiger partial charge in [-0.15, -0.1) is 11.3 Å². The van der Waals surface area contributed by atoms with Crippen LogP contribution in [0.2, 0.25) is 0 Å². The molecule has 0 unspecified atom stereocenters. The fourth-order valence-corrected chi connectivity index (χ4v) is 5.94. The van der Waals surface area contributed by atoms with Crippen LogP contribution in [0.4, 0.5) is 11.4 Å². The lowest BCUT2D eigenvalue weighted by Crippen LogP contribution is -2.42. The molecule has 0 saturated heterocycles. The Balaban J connectivity index is 1.58. The van der Waals surface area contributed by atoms with Gasteiger partial charge in [-0.1, -0.05) is 19.1 Å². The van der Waals surface area contributed by atoms with Crippen molar-refractivity contribution in [2.45, 2.75) is 59.4 Å². The van der Waals surface area contributed by atoms with Gasteiger partial charge in [-0.2, -0.15) is 5.10 Å². The highest BCUT2D eigenvalue weighted by atomic mass is 32.1. The number of carbonyl (C=O) groups is 3. The fourth-order valence-electron chi connectivity index (χ4n) is 4.95. The summed E-state index contributed by atoms with van der Waals surface area (Å²) in [5, 5.41) is 17.1. The summed E-state index contributed by atoms with van der Waals surface area (Å²) in [7, 11) is 1.72. The zero-order valence-corrected chi connectivity index (χ0v) is 22.8. The molecule has 0 spiro atoms. The predicted molar refractivity (Wildman–Crippen MR) is 146 cm³/mol. The Morgan fingerprint density at radius 3 is 2.30 bits per heavy atom. The first-order chi connectivity index (χ1) is 17.5. The van der Waals surface area contributed by atoms with Crippen molar-refractivity contribution in [1.82, 2.24) is 9.78 Å². The highest BCUT2D eigenvalue weighted by molar-refractivity contribution is 7.18. The van der Waals surface area contributed by atoms with E-state index in [1.165, 1.54) is 4.68 Å². The number of aryl methyl sites for hydroxylation is 2. The molecule has 37 heavy (non-hydrogen) atoms. The zero-order chi connectivity index (χ0) is 26.9. The van der Waals surface area contributed by atoms with E-state index in [0.29, 0.717) is 23.0 Å². The summed E-state index contributed by atoms with van der Waals surface area (Å²) in [5.41, 5.74) is 3.11. The molecule has 4 rings (SSSR count). The van der Waals surface area contributed by atoms with Gasteiger partial charge in [-0.25, -0.2) is 4.79 Å². The van der Waals surface area contributed by atoms with Crippen molar-refractivity contribution in [3.63, 3.8) is 0 Å². The first-order valence-electron chi connectivity index (χ1n) is 12.7. The maximum atomic E-state index is 13.5. The molecule has 2 heterocycles. The summed E-state index contributed by atoms with van der Waals surface area (Å²) in [4.78, 5) is 40.9. The number of thiophene rings is 1. The van der Waals surface area contributed by atoms with Crippen LogP contribution in [0.3, 0.4) is 0 Å². The molecule has 8 nitrogen and oxygen atoms in total. The maximum Gasteiger partial charge on any atom is 0.348 e. The second-order valence-electron chi connectivity index (χ2n) is 10.2. The number of aromatic carboxylic acids is 1. The minimum absolute atomic E-state index is 0.0113. The average molecular weight is 523 g/mol. The predicted octanol–water partition coefficient (Wildman–Crippen LogP) is 5.98. The van der Waals surface area contributed by atoms with E-state index in [-0.39, 0.29) is 28.7 Å². The molecule has 9 heteroatoms. The van der Waals surface area contributed by atoms with Crippen molar-refractivity contribution in [1.29, 1.82) is 0 Å². The summed E-state index contributed by atoms with van der Waals surface area (Å²) in [5.74, 6) is -0.741. The summed E-state index contributed by atoms with van der Waals surface area (Å²) in [6.07, 6.45) is 3.72. The summed E-state index contributed by atoms with van der Waals surface area (Å²) in [6.45, 7) is 7.89. The summed E-state index contributed by atoms with van der Waals surface area (Å²) < 4.78 is 1.54. The Kier molecular flexibility index (Phi) is 7.82. The standard InChI is InChI=1S/C28H34N4O4S/c1-16(2)32(27(34)20-8-6-17(3)7-9-20)22-15-24(37-25(22)28(35)36)19-10-12-21(13-11-19)29-26(33)23-14-18(4)30-31(23)5/h10-17,20H,6-9H2,1-5H3,(H,29,33)(H,35,36). The number of rotatable bonds is 7. The van der Waals surface area contributed by atoms with Gasteiger partial charge < -0.3 is 15.3 Å². The first-order valence-corrected chi connectivity index (χ1v) is 13.5. The van der Waals surface area contributed by atoms with Gasteiger partial charge >= 0.3 is 5.97 Å². The molecule has 1 aliphatic carbocycles. The Bertz CT molecular complexity index is 1300. The maximum absolute atomic E-state index is 13.5. The van der Waals surface area contributed by atoms with Gasteiger partial charge in [-0.3, -0.25) is 14.3 Å². The molecule has 2 amide bonds. The molecule has 1 aromatic carbocycles. The third-order valence-corrected chi connectivity index (χ3v) is 8.11. The van der Waals surface area contributed by atoms with Gasteiger partial charge in [0.2, 0.25) is 5.91 Å². The van der Waals surface area contributed by atoms with Crippen LogP contribution in [0.25, 0.3) is 10.4 Å². The third kappa shape index (κ3) is 5.77. The van der Waals surface area contributed by atoms with Crippen LogP contribution in [-0.2, 0) is 11.8 Å². The van der Waals surface area contributed by atoms with Crippen molar-refractivity contribution in [2.75, 3.05) is 10.2 Å². The SMILES string of the molecule is Cc1cc(C(=O)Nc2ccc(-c3cc(N(C(=O)C4CCC(C)CC4)C(C)C)c(C(=O)O)s3)cc2)n(C)n1. The Hall–Kier alpha value is -3.46. The summed E-state index contributed by atoms with van der Waals surface area (Å²) in [6, 6.07) is 10.6. The first kappa shape index (κ1) is 26.6. The summed E-state index contributed by atoms with van der Waals surface area (Å²) >= 11 is 1.16. The van der Waals surface area contributed by atoms with Crippen LogP contribution in [0, 0.1) is 18.8 Å². The van der Waals surface area contributed by atoms with Crippen LogP contribution < -0.4 is 10.2 Å². The number of hydrogen-bond donors (Lipinski definition) is 2. The molecular weight excluding hydrogens is 488 g/mol. The monoisotopic (exact) mass is 522 g/mol. The number of aromatic nitrogens is 2. The molecule has 1 fully saturated rings. The molecule has 0 radical (unpaired) electrons. The minimum Gasteiger partial charge on any atom is -0.477 e.